The fourth-order valence-corrected chi connectivity index (χ4v) is 4.66. The van der Waals surface area contributed by atoms with Crippen LogP contribution in [-0.2, 0) is 31.7 Å². The molecule has 216 valence electrons. The Bertz CT molecular complexity index is 1840. The molecule has 0 amide bonds. The first kappa shape index (κ1) is 30.1. The second kappa shape index (κ2) is 13.6. The molecule has 0 aliphatic rings. The number of oxime groups is 3. The molecule has 0 aliphatic heterocycles. The van der Waals surface area contributed by atoms with Crippen molar-refractivity contribution in [3.63, 3.8) is 0 Å². The molecular formula is C28H23N3O9S2. The van der Waals surface area contributed by atoms with Gasteiger partial charge in [0, 0.05) is 5.56 Å². The topological polar surface area (TPSA) is 174 Å². The second-order valence-corrected chi connectivity index (χ2v) is 11.3. The summed E-state index contributed by atoms with van der Waals surface area (Å²) in [5.74, 6) is 0.719. The van der Waals surface area contributed by atoms with Gasteiger partial charge in [0.2, 0.25) is 0 Å². The van der Waals surface area contributed by atoms with E-state index in [2.05, 4.69) is 15.5 Å². The lowest BCUT2D eigenvalue weighted by Gasteiger charge is -2.05. The maximum absolute atomic E-state index is 11.7. The van der Waals surface area contributed by atoms with Crippen molar-refractivity contribution in [1.82, 2.24) is 0 Å². The Kier molecular flexibility index (Phi) is 9.77. The Labute approximate surface area is 241 Å². The Morgan fingerprint density at radius 3 is 1.81 bits per heavy atom. The Hall–Kier alpha value is -4.89. The van der Waals surface area contributed by atoms with E-state index in [4.69, 9.17) is 19.1 Å². The van der Waals surface area contributed by atoms with Crippen LogP contribution in [0.15, 0.2) is 122 Å². The zero-order valence-corrected chi connectivity index (χ0v) is 23.2. The van der Waals surface area contributed by atoms with Crippen LogP contribution in [-0.4, -0.2) is 44.6 Å². The monoisotopic (exact) mass is 609 g/mol. The van der Waals surface area contributed by atoms with Gasteiger partial charge >= 0.3 is 0 Å². The van der Waals surface area contributed by atoms with Gasteiger partial charge in [-0.15, -0.1) is 0 Å². The van der Waals surface area contributed by atoms with Crippen molar-refractivity contribution in [2.45, 2.75) is 16.4 Å². The van der Waals surface area contributed by atoms with Crippen molar-refractivity contribution in [1.29, 1.82) is 0 Å². The van der Waals surface area contributed by atoms with Crippen molar-refractivity contribution in [3.8, 4) is 11.5 Å². The maximum Gasteiger partial charge on any atom is 0.295 e. The van der Waals surface area contributed by atoms with E-state index in [0.29, 0.717) is 24.0 Å². The highest BCUT2D eigenvalue weighted by atomic mass is 32.2. The van der Waals surface area contributed by atoms with Crippen LogP contribution in [0.5, 0.6) is 11.5 Å². The quantitative estimate of drug-likeness (QED) is 0.133. The van der Waals surface area contributed by atoms with Crippen LogP contribution in [0, 0.1) is 0 Å². The van der Waals surface area contributed by atoms with Crippen LogP contribution in [0.2, 0.25) is 0 Å². The lowest BCUT2D eigenvalue weighted by atomic mass is 10.2. The Balaban J connectivity index is 1.35. The highest BCUT2D eigenvalue weighted by Crippen LogP contribution is 2.20. The summed E-state index contributed by atoms with van der Waals surface area (Å²) in [6.07, 6.45) is 3.96. The summed E-state index contributed by atoms with van der Waals surface area (Å²) in [5.41, 5.74) is 2.16. The van der Waals surface area contributed by atoms with E-state index in [9.17, 15) is 21.4 Å². The molecule has 0 bridgehead atoms. The number of nitrogens with zero attached hydrogens (tertiary/aromatic N) is 3. The van der Waals surface area contributed by atoms with Gasteiger partial charge in [0.1, 0.15) is 11.5 Å². The first-order valence-corrected chi connectivity index (χ1v) is 14.9. The predicted octanol–water partition coefficient (Wildman–Crippen LogP) is 4.56. The molecule has 0 spiro atoms. The number of rotatable bonds is 12. The van der Waals surface area contributed by atoms with Crippen LogP contribution in [0.25, 0.3) is 0 Å². The summed E-state index contributed by atoms with van der Waals surface area (Å²) < 4.78 is 64.5. The van der Waals surface area contributed by atoms with Crippen LogP contribution in [0.4, 0.5) is 0 Å². The first-order valence-electron chi connectivity index (χ1n) is 12.0. The summed E-state index contributed by atoms with van der Waals surface area (Å²) in [6, 6.07) is 25.8. The molecule has 0 saturated heterocycles. The van der Waals surface area contributed by atoms with Gasteiger partial charge in [-0.2, -0.15) is 16.8 Å². The largest absolute Gasteiger partial charge is 0.391 e. The molecule has 0 fully saturated rings. The standard InChI is InChI=1S/C28H23N3O9S2/c32-41(33,34)27-13-12-24(28(16-27)42(35,36)37)19-31-40-26-11-5-9-23(15-26)18-30-39-25-10-4-8-22(14-25)17-29-38-20-21-6-2-1-3-7-21/h1-19H,20H2,(H,32,33,34)(H,35,36,37)/b29-17+,30-18+,31-19+. The molecule has 14 heteroatoms. The zero-order valence-electron chi connectivity index (χ0n) is 21.6. The van der Waals surface area contributed by atoms with Gasteiger partial charge in [0.25, 0.3) is 20.2 Å². The highest BCUT2D eigenvalue weighted by molar-refractivity contribution is 7.86. The average molecular weight is 610 g/mol. The van der Waals surface area contributed by atoms with Gasteiger partial charge in [-0.05, 0) is 53.1 Å². The average Bonchev–Trinajstić information content (AvgIpc) is 2.95. The first-order chi connectivity index (χ1) is 20.1. The molecule has 0 aromatic heterocycles. The van der Waals surface area contributed by atoms with Crippen LogP contribution in [0.3, 0.4) is 0 Å². The summed E-state index contributed by atoms with van der Waals surface area (Å²) in [5, 5.41) is 11.6. The summed E-state index contributed by atoms with van der Waals surface area (Å²) in [4.78, 5) is 14.5. The van der Waals surface area contributed by atoms with Crippen molar-refractivity contribution in [2.24, 2.45) is 15.5 Å². The van der Waals surface area contributed by atoms with Gasteiger partial charge in [0.05, 0.1) is 23.5 Å². The van der Waals surface area contributed by atoms with Crippen molar-refractivity contribution < 1.29 is 40.5 Å². The van der Waals surface area contributed by atoms with E-state index < -0.39 is 30.0 Å². The predicted molar refractivity (Wildman–Crippen MR) is 154 cm³/mol. The van der Waals surface area contributed by atoms with E-state index in [1.807, 2.05) is 36.4 Å². The van der Waals surface area contributed by atoms with Gasteiger partial charge in [-0.25, -0.2) is 0 Å². The molecule has 4 aromatic carbocycles. The van der Waals surface area contributed by atoms with Crippen LogP contribution >= 0.6 is 0 Å². The Morgan fingerprint density at radius 2 is 1.21 bits per heavy atom. The summed E-state index contributed by atoms with van der Waals surface area (Å²) in [7, 11) is -9.53. The fourth-order valence-electron chi connectivity index (χ4n) is 3.38. The van der Waals surface area contributed by atoms with E-state index in [1.54, 1.807) is 48.7 Å². The molecule has 4 rings (SSSR count). The molecule has 42 heavy (non-hydrogen) atoms. The molecule has 0 saturated carbocycles. The minimum Gasteiger partial charge on any atom is -0.391 e. The molecule has 0 aliphatic carbocycles. The minimum atomic E-state index is -4.84. The van der Waals surface area contributed by atoms with Gasteiger partial charge in [-0.1, -0.05) is 76.1 Å². The molecule has 4 aromatic rings. The number of hydrogen-bond donors (Lipinski definition) is 2. The fraction of sp³-hybridized carbons (Fsp3) is 0.0357. The lowest BCUT2D eigenvalue weighted by Crippen LogP contribution is -2.07. The maximum atomic E-state index is 11.7. The van der Waals surface area contributed by atoms with Crippen LogP contribution < -0.4 is 9.68 Å². The highest BCUT2D eigenvalue weighted by Gasteiger charge is 2.19. The molecule has 0 radical (unpaired) electrons. The molecule has 12 nitrogen and oxygen atoms in total. The third-order valence-electron chi connectivity index (χ3n) is 5.34. The molecule has 2 N–H and O–H groups in total. The summed E-state index contributed by atoms with van der Waals surface area (Å²) in [6.45, 7) is 0.349. The summed E-state index contributed by atoms with van der Waals surface area (Å²) >= 11 is 0. The third-order valence-corrected chi connectivity index (χ3v) is 7.10. The van der Waals surface area contributed by atoms with Crippen molar-refractivity contribution >= 4 is 38.9 Å². The molecule has 0 unspecified atom stereocenters. The van der Waals surface area contributed by atoms with E-state index in [0.717, 1.165) is 29.5 Å². The molecule has 0 atom stereocenters. The van der Waals surface area contributed by atoms with E-state index in [-0.39, 0.29) is 11.3 Å². The number of hydrogen-bond acceptors (Lipinski definition) is 10. The van der Waals surface area contributed by atoms with Crippen molar-refractivity contribution in [2.75, 3.05) is 0 Å². The zero-order chi connectivity index (χ0) is 30.0. The van der Waals surface area contributed by atoms with Gasteiger partial charge in [-0.3, -0.25) is 9.11 Å². The second-order valence-electron chi connectivity index (χ2n) is 8.44. The third kappa shape index (κ3) is 9.07. The van der Waals surface area contributed by atoms with E-state index in [1.165, 1.54) is 6.21 Å². The SMILES string of the molecule is O=S(=O)(O)c1ccc(/C=N/Oc2cccc(/C=N/Oc3cccc(/C=N/OCc4ccccc4)c3)c2)c(S(=O)(=O)O)c1. The Morgan fingerprint density at radius 1 is 0.619 bits per heavy atom. The van der Waals surface area contributed by atoms with Crippen molar-refractivity contribution in [3.05, 3.63) is 119 Å². The lowest BCUT2D eigenvalue weighted by molar-refractivity contribution is 0.132. The van der Waals surface area contributed by atoms with Gasteiger partial charge in [0.15, 0.2) is 11.5 Å². The normalized spacial score (nSPS) is 12.2. The van der Waals surface area contributed by atoms with Crippen LogP contribution in [0.1, 0.15) is 22.3 Å². The molecule has 0 heterocycles. The van der Waals surface area contributed by atoms with E-state index >= 15 is 0 Å². The molecular weight excluding hydrogens is 586 g/mol. The smallest absolute Gasteiger partial charge is 0.295 e. The number of benzene rings is 4. The van der Waals surface area contributed by atoms with Gasteiger partial charge < -0.3 is 14.5 Å². The minimum absolute atomic E-state index is 0.175.